The van der Waals surface area contributed by atoms with Crippen molar-refractivity contribution >= 4 is 17.3 Å². The van der Waals surface area contributed by atoms with E-state index in [2.05, 4.69) is 22.9 Å². The van der Waals surface area contributed by atoms with E-state index >= 15 is 0 Å². The maximum atomic E-state index is 12.6. The minimum atomic E-state index is -0.387. The number of esters is 1. The third-order valence-corrected chi connectivity index (χ3v) is 4.52. The summed E-state index contributed by atoms with van der Waals surface area (Å²) in [6.45, 7) is 0. The first kappa shape index (κ1) is 16.2. The number of allylic oxidation sites excluding steroid dienone is 2. The number of rotatable bonds is 4. The van der Waals surface area contributed by atoms with Gasteiger partial charge in [0.2, 0.25) is 0 Å². The fourth-order valence-corrected chi connectivity index (χ4v) is 3.11. The average Bonchev–Trinajstić information content (AvgIpc) is 2.68. The van der Waals surface area contributed by atoms with Gasteiger partial charge in [0.05, 0.1) is 12.7 Å². The number of carbonyl (C=O) groups is 2. The maximum absolute atomic E-state index is 12.6. The first-order chi connectivity index (χ1) is 11.7. The molecule has 24 heavy (non-hydrogen) atoms. The van der Waals surface area contributed by atoms with Crippen molar-refractivity contribution in [3.63, 3.8) is 0 Å². The number of benzene rings is 2. The Bertz CT molecular complexity index is 757. The molecule has 122 valence electrons. The van der Waals surface area contributed by atoms with Crippen LogP contribution < -0.4 is 0 Å². The predicted molar refractivity (Wildman–Crippen MR) is 93.9 cm³/mol. The molecule has 0 heterocycles. The van der Waals surface area contributed by atoms with E-state index in [-0.39, 0.29) is 17.7 Å². The molecule has 0 radical (unpaired) electrons. The van der Waals surface area contributed by atoms with Crippen LogP contribution in [0.4, 0.5) is 0 Å². The van der Waals surface area contributed by atoms with Gasteiger partial charge in [-0.25, -0.2) is 4.79 Å². The Balaban J connectivity index is 1.69. The molecule has 3 nitrogen and oxygen atoms in total. The van der Waals surface area contributed by atoms with Crippen LogP contribution in [0.15, 0.2) is 60.7 Å². The zero-order valence-corrected chi connectivity index (χ0v) is 13.7. The van der Waals surface area contributed by atoms with Gasteiger partial charge in [-0.3, -0.25) is 4.79 Å². The van der Waals surface area contributed by atoms with Crippen molar-refractivity contribution in [3.05, 3.63) is 77.4 Å². The first-order valence-electron chi connectivity index (χ1n) is 8.16. The molecule has 1 atom stereocenters. The molecule has 1 aliphatic carbocycles. The molecule has 3 rings (SSSR count). The van der Waals surface area contributed by atoms with Gasteiger partial charge in [0.15, 0.2) is 5.78 Å². The van der Waals surface area contributed by atoms with Crippen molar-refractivity contribution in [2.45, 2.75) is 19.3 Å². The van der Waals surface area contributed by atoms with Crippen LogP contribution in [0.2, 0.25) is 0 Å². The van der Waals surface area contributed by atoms with E-state index in [0.717, 1.165) is 19.3 Å². The van der Waals surface area contributed by atoms with Crippen LogP contribution >= 0.6 is 0 Å². The van der Waals surface area contributed by atoms with E-state index in [4.69, 9.17) is 0 Å². The molecule has 0 saturated heterocycles. The van der Waals surface area contributed by atoms with Crippen LogP contribution in [-0.4, -0.2) is 18.9 Å². The highest BCUT2D eigenvalue weighted by molar-refractivity contribution is 5.99. The lowest BCUT2D eigenvalue weighted by Crippen LogP contribution is -2.17. The second-order valence-corrected chi connectivity index (χ2v) is 6.00. The fourth-order valence-electron chi connectivity index (χ4n) is 3.11. The summed E-state index contributed by atoms with van der Waals surface area (Å²) < 4.78 is 4.68. The molecule has 0 fully saturated rings. The number of hydrogen-bond acceptors (Lipinski definition) is 3. The second-order valence-electron chi connectivity index (χ2n) is 6.00. The van der Waals surface area contributed by atoms with Gasteiger partial charge in [-0.15, -0.1) is 0 Å². The van der Waals surface area contributed by atoms with Gasteiger partial charge in [-0.1, -0.05) is 48.5 Å². The lowest BCUT2D eigenvalue weighted by molar-refractivity contribution is 0.0600. The van der Waals surface area contributed by atoms with Crippen molar-refractivity contribution < 1.29 is 14.3 Å². The molecule has 1 unspecified atom stereocenters. The molecular formula is C21H20O3. The lowest BCUT2D eigenvalue weighted by atomic mass is 9.82. The standard InChI is InChI=1S/C21H20O3/c1-24-21(23)19-13-11-18(12-14-19)20(22)17-9-7-16(8-10-17)15-5-3-2-4-6-15/h2-7,11-14,17H,8-10H2,1H3. The Labute approximate surface area is 142 Å². The SMILES string of the molecule is COC(=O)c1ccc(C(=O)C2CC=C(c3ccccc3)CC2)cc1. The van der Waals surface area contributed by atoms with Gasteiger partial charge >= 0.3 is 5.97 Å². The van der Waals surface area contributed by atoms with Gasteiger partial charge in [0, 0.05) is 11.5 Å². The van der Waals surface area contributed by atoms with Gasteiger partial charge in [0.1, 0.15) is 0 Å². The van der Waals surface area contributed by atoms with Gasteiger partial charge in [-0.05, 0) is 42.5 Å². The molecule has 2 aromatic rings. The molecule has 0 N–H and O–H groups in total. The van der Waals surface area contributed by atoms with Crippen LogP contribution in [0.25, 0.3) is 5.57 Å². The summed E-state index contributed by atoms with van der Waals surface area (Å²) in [5, 5.41) is 0. The van der Waals surface area contributed by atoms with E-state index in [1.165, 1.54) is 18.2 Å². The van der Waals surface area contributed by atoms with E-state index in [1.807, 2.05) is 18.2 Å². The highest BCUT2D eigenvalue weighted by Crippen LogP contribution is 2.31. The molecular weight excluding hydrogens is 300 g/mol. The zero-order chi connectivity index (χ0) is 16.9. The Kier molecular flexibility index (Phi) is 4.90. The van der Waals surface area contributed by atoms with Gasteiger partial charge in [0.25, 0.3) is 0 Å². The van der Waals surface area contributed by atoms with Crippen molar-refractivity contribution in [2.24, 2.45) is 5.92 Å². The monoisotopic (exact) mass is 320 g/mol. The summed E-state index contributed by atoms with van der Waals surface area (Å²) in [5.74, 6) is -0.224. The summed E-state index contributed by atoms with van der Waals surface area (Å²) in [7, 11) is 1.35. The number of hydrogen-bond donors (Lipinski definition) is 0. The highest BCUT2D eigenvalue weighted by atomic mass is 16.5. The van der Waals surface area contributed by atoms with Gasteiger partial charge < -0.3 is 4.74 Å². The molecule has 0 saturated carbocycles. The number of methoxy groups -OCH3 is 1. The molecule has 1 aliphatic rings. The normalized spacial score (nSPS) is 17.0. The smallest absolute Gasteiger partial charge is 0.337 e. The third kappa shape index (κ3) is 3.46. The largest absolute Gasteiger partial charge is 0.465 e. The molecule has 0 aliphatic heterocycles. The minimum absolute atomic E-state index is 0.0152. The maximum Gasteiger partial charge on any atom is 0.337 e. The Morgan fingerprint density at radius 1 is 0.958 bits per heavy atom. The summed E-state index contributed by atoms with van der Waals surface area (Å²) in [4.78, 5) is 24.1. The third-order valence-electron chi connectivity index (χ3n) is 4.52. The fraction of sp³-hybridized carbons (Fsp3) is 0.238. The Morgan fingerprint density at radius 3 is 2.21 bits per heavy atom. The van der Waals surface area contributed by atoms with Crippen molar-refractivity contribution in [1.82, 2.24) is 0 Å². The predicted octanol–water partition coefficient (Wildman–Crippen LogP) is 4.54. The van der Waals surface area contributed by atoms with Crippen LogP contribution in [0, 0.1) is 5.92 Å². The number of ketones is 1. The molecule has 0 bridgehead atoms. The van der Waals surface area contributed by atoms with Crippen LogP contribution in [-0.2, 0) is 4.74 Å². The van der Waals surface area contributed by atoms with Crippen molar-refractivity contribution in [3.8, 4) is 0 Å². The molecule has 2 aromatic carbocycles. The Hall–Kier alpha value is -2.68. The Morgan fingerprint density at radius 2 is 1.62 bits per heavy atom. The minimum Gasteiger partial charge on any atom is -0.465 e. The summed E-state index contributed by atoms with van der Waals surface area (Å²) in [6, 6.07) is 17.0. The van der Waals surface area contributed by atoms with Crippen LogP contribution in [0.3, 0.4) is 0 Å². The van der Waals surface area contributed by atoms with Crippen molar-refractivity contribution in [1.29, 1.82) is 0 Å². The van der Waals surface area contributed by atoms with Crippen LogP contribution in [0.5, 0.6) is 0 Å². The van der Waals surface area contributed by atoms with Gasteiger partial charge in [-0.2, -0.15) is 0 Å². The first-order valence-corrected chi connectivity index (χ1v) is 8.16. The molecule has 3 heteroatoms. The summed E-state index contributed by atoms with van der Waals surface area (Å²) >= 11 is 0. The number of carbonyl (C=O) groups excluding carboxylic acids is 2. The molecule has 0 amide bonds. The topological polar surface area (TPSA) is 43.4 Å². The molecule has 0 spiro atoms. The zero-order valence-electron chi connectivity index (χ0n) is 13.7. The summed E-state index contributed by atoms with van der Waals surface area (Å²) in [6.07, 6.45) is 4.73. The van der Waals surface area contributed by atoms with E-state index in [0.29, 0.717) is 11.1 Å². The number of Topliss-reactive ketones (excluding diaryl/α,β-unsaturated/α-hetero) is 1. The van der Waals surface area contributed by atoms with E-state index in [1.54, 1.807) is 24.3 Å². The molecule has 0 aromatic heterocycles. The van der Waals surface area contributed by atoms with E-state index < -0.39 is 0 Å². The summed E-state index contributed by atoms with van der Waals surface area (Å²) in [5.41, 5.74) is 3.68. The average molecular weight is 320 g/mol. The van der Waals surface area contributed by atoms with Crippen molar-refractivity contribution in [2.75, 3.05) is 7.11 Å². The number of ether oxygens (including phenoxy) is 1. The van der Waals surface area contributed by atoms with E-state index in [9.17, 15) is 9.59 Å². The highest BCUT2D eigenvalue weighted by Gasteiger charge is 2.23. The van der Waals surface area contributed by atoms with Crippen LogP contribution in [0.1, 0.15) is 45.5 Å². The lowest BCUT2D eigenvalue weighted by Gasteiger charge is -2.21. The second kappa shape index (κ2) is 7.26. The quantitative estimate of drug-likeness (QED) is 0.613.